The monoisotopic (exact) mass is 322 g/mol. The zero-order chi connectivity index (χ0) is 13.3. The molecule has 18 heavy (non-hydrogen) atoms. The van der Waals surface area contributed by atoms with E-state index in [1.54, 1.807) is 0 Å². The molecule has 0 spiro atoms. The summed E-state index contributed by atoms with van der Waals surface area (Å²) >= 11 is 10.1. The Bertz CT molecular complexity index is 553. The molecule has 0 aliphatic heterocycles. The molecule has 2 rings (SSSR count). The summed E-state index contributed by atoms with van der Waals surface area (Å²) in [6.45, 7) is 6.56. The van der Waals surface area contributed by atoms with Gasteiger partial charge >= 0.3 is 0 Å². The Morgan fingerprint density at radius 2 is 1.56 bits per heavy atom. The van der Waals surface area contributed by atoms with Crippen LogP contribution in [-0.2, 0) is 5.41 Å². The molecule has 94 valence electrons. The van der Waals surface area contributed by atoms with Crippen LogP contribution < -0.4 is 0 Å². The third-order valence-corrected chi connectivity index (χ3v) is 4.42. The smallest absolute Gasteiger partial charge is 0.0629 e. The molecule has 0 unspecified atom stereocenters. The van der Waals surface area contributed by atoms with Crippen LogP contribution in [-0.4, -0.2) is 0 Å². The van der Waals surface area contributed by atoms with E-state index in [4.69, 9.17) is 11.6 Å². The average Bonchev–Trinajstić information content (AvgIpc) is 2.32. The molecule has 0 atom stereocenters. The van der Waals surface area contributed by atoms with Crippen LogP contribution in [0.5, 0.6) is 0 Å². The lowest BCUT2D eigenvalue weighted by molar-refractivity contribution is 0.587. The maximum atomic E-state index is 6.49. The number of rotatable bonds is 1. The molecule has 0 N–H and O–H groups in total. The summed E-state index contributed by atoms with van der Waals surface area (Å²) < 4.78 is 0.998. The van der Waals surface area contributed by atoms with Crippen molar-refractivity contribution >= 4 is 27.5 Å². The Balaban J connectivity index is 2.58. The van der Waals surface area contributed by atoms with Gasteiger partial charge in [0, 0.05) is 10.0 Å². The minimum atomic E-state index is 0.0810. The summed E-state index contributed by atoms with van der Waals surface area (Å²) in [6.07, 6.45) is 0. The first-order chi connectivity index (χ1) is 8.41. The highest BCUT2D eigenvalue weighted by molar-refractivity contribution is 9.10. The van der Waals surface area contributed by atoms with Gasteiger partial charge < -0.3 is 0 Å². The first-order valence-corrected chi connectivity index (χ1v) is 7.12. The lowest BCUT2D eigenvalue weighted by Gasteiger charge is -2.22. The summed E-state index contributed by atoms with van der Waals surface area (Å²) in [5, 5.41) is 0.786. The molecule has 0 bridgehead atoms. The van der Waals surface area contributed by atoms with Gasteiger partial charge in [-0.25, -0.2) is 0 Å². The first kappa shape index (κ1) is 13.6. The lowest BCUT2D eigenvalue weighted by Crippen LogP contribution is -2.12. The second-order valence-corrected chi connectivity index (χ2v) is 6.58. The first-order valence-electron chi connectivity index (χ1n) is 5.95. The SMILES string of the molecule is CC(C)(C)c1ccc(-c2ccccc2)c(Cl)c1Br. The van der Waals surface area contributed by atoms with Crippen molar-refractivity contribution in [3.05, 3.63) is 57.5 Å². The van der Waals surface area contributed by atoms with Gasteiger partial charge in [-0.3, -0.25) is 0 Å². The normalized spacial score (nSPS) is 11.6. The zero-order valence-corrected chi connectivity index (χ0v) is 13.1. The highest BCUT2D eigenvalue weighted by Gasteiger charge is 2.20. The minimum Gasteiger partial charge on any atom is -0.0824 e. The van der Waals surface area contributed by atoms with Crippen molar-refractivity contribution in [3.63, 3.8) is 0 Å². The Morgan fingerprint density at radius 1 is 0.944 bits per heavy atom. The Kier molecular flexibility index (Phi) is 3.84. The Hall–Kier alpha value is -0.790. The summed E-state index contributed by atoms with van der Waals surface area (Å²) in [7, 11) is 0. The van der Waals surface area contributed by atoms with E-state index in [2.05, 4.69) is 61.0 Å². The third kappa shape index (κ3) is 2.62. The van der Waals surface area contributed by atoms with Crippen molar-refractivity contribution < 1.29 is 0 Å². The van der Waals surface area contributed by atoms with Gasteiger partial charge in [-0.05, 0) is 32.5 Å². The van der Waals surface area contributed by atoms with E-state index < -0.39 is 0 Å². The molecule has 0 aromatic heterocycles. The summed E-state index contributed by atoms with van der Waals surface area (Å²) in [4.78, 5) is 0. The summed E-state index contributed by atoms with van der Waals surface area (Å²) in [5.74, 6) is 0. The molecule has 0 amide bonds. The molecule has 0 aliphatic carbocycles. The number of hydrogen-bond donors (Lipinski definition) is 0. The van der Waals surface area contributed by atoms with E-state index in [9.17, 15) is 0 Å². The lowest BCUT2D eigenvalue weighted by atomic mass is 9.86. The van der Waals surface area contributed by atoms with Crippen LogP contribution in [0.4, 0.5) is 0 Å². The molecule has 0 saturated heterocycles. The van der Waals surface area contributed by atoms with Gasteiger partial charge in [-0.1, -0.05) is 74.8 Å². The number of halogens is 2. The molecule has 2 heteroatoms. The van der Waals surface area contributed by atoms with Crippen LogP contribution in [0.1, 0.15) is 26.3 Å². The molecule has 0 aliphatic rings. The fraction of sp³-hybridized carbons (Fsp3) is 0.250. The predicted octanol–water partition coefficient (Wildman–Crippen LogP) is 6.07. The van der Waals surface area contributed by atoms with Crippen LogP contribution in [0.3, 0.4) is 0 Å². The fourth-order valence-electron chi connectivity index (χ4n) is 1.97. The van der Waals surface area contributed by atoms with E-state index in [1.165, 1.54) is 5.56 Å². The molecule has 0 nitrogen and oxygen atoms in total. The van der Waals surface area contributed by atoms with Gasteiger partial charge in [0.15, 0.2) is 0 Å². The van der Waals surface area contributed by atoms with Crippen molar-refractivity contribution in [2.24, 2.45) is 0 Å². The quantitative estimate of drug-likeness (QED) is 0.597. The van der Waals surface area contributed by atoms with Gasteiger partial charge in [0.25, 0.3) is 0 Å². The molecule has 2 aromatic rings. The molecular weight excluding hydrogens is 308 g/mol. The predicted molar refractivity (Wildman–Crippen MR) is 83.3 cm³/mol. The maximum absolute atomic E-state index is 6.49. The van der Waals surface area contributed by atoms with Crippen molar-refractivity contribution in [1.29, 1.82) is 0 Å². The Labute approximate surface area is 122 Å². The summed E-state index contributed by atoms with van der Waals surface area (Å²) in [5.41, 5.74) is 3.52. The molecule has 0 heterocycles. The highest BCUT2D eigenvalue weighted by atomic mass is 79.9. The molecule has 0 radical (unpaired) electrons. The maximum Gasteiger partial charge on any atom is 0.0629 e. The molecule has 0 saturated carbocycles. The van der Waals surface area contributed by atoms with Gasteiger partial charge in [0.1, 0.15) is 0 Å². The van der Waals surface area contributed by atoms with Crippen molar-refractivity contribution in [2.45, 2.75) is 26.2 Å². The highest BCUT2D eigenvalue weighted by Crippen LogP contribution is 2.40. The van der Waals surface area contributed by atoms with E-state index in [0.29, 0.717) is 0 Å². The van der Waals surface area contributed by atoms with Gasteiger partial charge in [0.05, 0.1) is 5.02 Å². The largest absolute Gasteiger partial charge is 0.0824 e. The molecule has 0 fully saturated rings. The van der Waals surface area contributed by atoms with Gasteiger partial charge in [-0.15, -0.1) is 0 Å². The second-order valence-electron chi connectivity index (χ2n) is 5.40. The van der Waals surface area contributed by atoms with Crippen LogP contribution in [0.25, 0.3) is 11.1 Å². The van der Waals surface area contributed by atoms with E-state index >= 15 is 0 Å². The average molecular weight is 324 g/mol. The third-order valence-electron chi connectivity index (χ3n) is 2.98. The number of hydrogen-bond acceptors (Lipinski definition) is 0. The molecule has 2 aromatic carbocycles. The number of benzene rings is 2. The van der Waals surface area contributed by atoms with Crippen LogP contribution in [0.15, 0.2) is 46.9 Å². The fourth-order valence-corrected chi connectivity index (χ4v) is 3.18. The second kappa shape index (κ2) is 5.07. The van der Waals surface area contributed by atoms with Crippen LogP contribution >= 0.6 is 27.5 Å². The standard InChI is InChI=1S/C16H16BrCl/c1-16(2,3)13-10-9-12(15(18)14(13)17)11-7-5-4-6-8-11/h4-10H,1-3H3. The molecular formula is C16H16BrCl. The van der Waals surface area contributed by atoms with E-state index in [0.717, 1.165) is 20.6 Å². The van der Waals surface area contributed by atoms with Crippen LogP contribution in [0, 0.1) is 0 Å². The Morgan fingerprint density at radius 3 is 2.11 bits per heavy atom. The van der Waals surface area contributed by atoms with Crippen molar-refractivity contribution in [2.75, 3.05) is 0 Å². The zero-order valence-electron chi connectivity index (χ0n) is 10.8. The van der Waals surface area contributed by atoms with E-state index in [1.807, 2.05) is 18.2 Å². The van der Waals surface area contributed by atoms with Gasteiger partial charge in [0.2, 0.25) is 0 Å². The van der Waals surface area contributed by atoms with Crippen molar-refractivity contribution in [3.8, 4) is 11.1 Å². The van der Waals surface area contributed by atoms with E-state index in [-0.39, 0.29) is 5.41 Å². The van der Waals surface area contributed by atoms with Gasteiger partial charge in [-0.2, -0.15) is 0 Å². The summed E-state index contributed by atoms with van der Waals surface area (Å²) in [6, 6.07) is 14.5. The van der Waals surface area contributed by atoms with Crippen LogP contribution in [0.2, 0.25) is 5.02 Å². The minimum absolute atomic E-state index is 0.0810. The topological polar surface area (TPSA) is 0 Å². The van der Waals surface area contributed by atoms with Crippen molar-refractivity contribution in [1.82, 2.24) is 0 Å².